The Labute approximate surface area is 192 Å². The Morgan fingerprint density at radius 3 is 2.42 bits per heavy atom. The van der Waals surface area contributed by atoms with Gasteiger partial charge in [-0.2, -0.15) is 0 Å². The fourth-order valence-electron chi connectivity index (χ4n) is 5.52. The highest BCUT2D eigenvalue weighted by molar-refractivity contribution is 5.99. The van der Waals surface area contributed by atoms with Gasteiger partial charge in [-0.25, -0.2) is 9.37 Å². The second kappa shape index (κ2) is 7.97. The maximum absolute atomic E-state index is 13.9. The van der Waals surface area contributed by atoms with Gasteiger partial charge in [0.25, 0.3) is 11.8 Å². The summed E-state index contributed by atoms with van der Waals surface area (Å²) < 4.78 is 15.8. The number of likely N-dealkylation sites (tertiary alicyclic amines) is 1. The number of fused-ring (bicyclic) bond motifs is 1. The number of aromatic nitrogens is 2. The van der Waals surface area contributed by atoms with E-state index in [4.69, 9.17) is 0 Å². The summed E-state index contributed by atoms with van der Waals surface area (Å²) in [6.07, 6.45) is 5.64. The summed E-state index contributed by atoms with van der Waals surface area (Å²) in [7, 11) is 0. The molecular weight excluding hydrogens is 419 g/mol. The van der Waals surface area contributed by atoms with Crippen LogP contribution in [0.3, 0.4) is 0 Å². The number of halogens is 1. The molecule has 7 heteroatoms. The number of pyridine rings is 1. The van der Waals surface area contributed by atoms with Crippen molar-refractivity contribution in [1.82, 2.24) is 19.6 Å². The lowest BCUT2D eigenvalue weighted by Crippen LogP contribution is -2.55. The van der Waals surface area contributed by atoms with E-state index in [0.29, 0.717) is 35.5 Å². The molecule has 5 rings (SSSR count). The molecule has 6 nitrogen and oxygen atoms in total. The molecule has 2 aliphatic rings. The predicted octanol–water partition coefficient (Wildman–Crippen LogP) is 4.21. The zero-order valence-corrected chi connectivity index (χ0v) is 19.3. The number of carbonyl (C=O) groups is 2. The highest BCUT2D eigenvalue weighted by Crippen LogP contribution is 2.49. The number of nitrogens with one attached hydrogen (secondary N) is 1. The van der Waals surface area contributed by atoms with Crippen LogP contribution in [-0.4, -0.2) is 45.2 Å². The molecule has 2 aromatic heterocycles. The molecule has 3 heterocycles. The first kappa shape index (κ1) is 21.6. The number of hydrogen-bond donors (Lipinski definition) is 1. The Morgan fingerprint density at radius 1 is 1.09 bits per heavy atom. The van der Waals surface area contributed by atoms with Gasteiger partial charge < -0.3 is 14.6 Å². The topological polar surface area (TPSA) is 66.7 Å². The van der Waals surface area contributed by atoms with Crippen molar-refractivity contribution in [2.24, 2.45) is 5.41 Å². The Morgan fingerprint density at radius 2 is 1.76 bits per heavy atom. The quantitative estimate of drug-likeness (QED) is 0.653. The molecule has 0 radical (unpaired) electrons. The van der Waals surface area contributed by atoms with Gasteiger partial charge >= 0.3 is 0 Å². The Hall–Kier alpha value is -3.22. The van der Waals surface area contributed by atoms with E-state index in [9.17, 15) is 14.0 Å². The average molecular weight is 449 g/mol. The van der Waals surface area contributed by atoms with E-state index in [1.165, 1.54) is 0 Å². The second-order valence-corrected chi connectivity index (χ2v) is 9.76. The summed E-state index contributed by atoms with van der Waals surface area (Å²) in [6, 6.07) is 9.14. The van der Waals surface area contributed by atoms with Crippen molar-refractivity contribution in [3.8, 4) is 0 Å². The van der Waals surface area contributed by atoms with Crippen LogP contribution in [0.1, 0.15) is 63.5 Å². The number of nitrogens with zero attached hydrogens (tertiary/aromatic N) is 3. The molecule has 1 spiro atoms. The highest BCUT2D eigenvalue weighted by Gasteiger charge is 2.47. The zero-order chi connectivity index (χ0) is 23.3. The third-order valence-corrected chi connectivity index (χ3v) is 7.43. The van der Waals surface area contributed by atoms with Crippen LogP contribution in [0.15, 0.2) is 36.5 Å². The standard InChI is InChI=1S/C26H29FN4O2/c1-16-12-19(13-17(2)22(16)27)24(32)29-20-14-26(15-20)7-10-30(11-8-26)25(33)23-21-6-4-5-9-31(21)18(3)28-23/h4-6,9,12-13,20H,7-8,10-11,14-15H2,1-3H3,(H,29,32). The minimum Gasteiger partial charge on any atom is -0.349 e. The lowest BCUT2D eigenvalue weighted by Gasteiger charge is -2.52. The van der Waals surface area contributed by atoms with Gasteiger partial charge in [-0.3, -0.25) is 9.59 Å². The molecule has 1 aliphatic heterocycles. The fraction of sp³-hybridized carbons (Fsp3) is 0.423. The number of carbonyl (C=O) groups excluding carboxylic acids is 2. The predicted molar refractivity (Wildman–Crippen MR) is 124 cm³/mol. The summed E-state index contributed by atoms with van der Waals surface area (Å²) in [5.74, 6) is 0.407. The van der Waals surface area contributed by atoms with Crippen LogP contribution >= 0.6 is 0 Å². The first-order valence-corrected chi connectivity index (χ1v) is 11.6. The number of rotatable bonds is 3. The minimum absolute atomic E-state index is 0.00660. The summed E-state index contributed by atoms with van der Waals surface area (Å²) in [5.41, 5.74) is 3.04. The van der Waals surface area contributed by atoms with Crippen LogP contribution in [0.4, 0.5) is 4.39 Å². The summed E-state index contributed by atoms with van der Waals surface area (Å²) in [6.45, 7) is 6.69. The van der Waals surface area contributed by atoms with E-state index >= 15 is 0 Å². The molecule has 0 unspecified atom stereocenters. The molecule has 172 valence electrons. The van der Waals surface area contributed by atoms with E-state index in [2.05, 4.69) is 10.3 Å². The molecule has 0 atom stereocenters. The SMILES string of the molecule is Cc1cc(C(=O)NC2CC3(CCN(C(=O)c4nc(C)n5ccccc45)CC3)C2)cc(C)c1F. The van der Waals surface area contributed by atoms with E-state index in [1.807, 2.05) is 40.6 Å². The molecule has 3 aromatic rings. The molecule has 0 bridgehead atoms. The van der Waals surface area contributed by atoms with Gasteiger partial charge in [0.05, 0.1) is 5.52 Å². The molecule has 1 aliphatic carbocycles. The summed E-state index contributed by atoms with van der Waals surface area (Å²) in [5, 5.41) is 3.11. The second-order valence-electron chi connectivity index (χ2n) is 9.76. The van der Waals surface area contributed by atoms with Crippen molar-refractivity contribution in [2.75, 3.05) is 13.1 Å². The molecule has 1 saturated heterocycles. The minimum atomic E-state index is -0.255. The normalized spacial score (nSPS) is 17.9. The number of benzene rings is 1. The number of amides is 2. The molecule has 1 N–H and O–H groups in total. The maximum atomic E-state index is 13.9. The first-order chi connectivity index (χ1) is 15.8. The van der Waals surface area contributed by atoms with Gasteiger partial charge in [0.2, 0.25) is 0 Å². The molecular formula is C26H29FN4O2. The van der Waals surface area contributed by atoms with Crippen LogP contribution in [-0.2, 0) is 0 Å². The van der Waals surface area contributed by atoms with E-state index in [1.54, 1.807) is 26.0 Å². The van der Waals surface area contributed by atoms with Crippen LogP contribution in [0.2, 0.25) is 0 Å². The lowest BCUT2D eigenvalue weighted by molar-refractivity contribution is 0.00851. The Kier molecular flexibility index (Phi) is 5.22. The largest absolute Gasteiger partial charge is 0.349 e. The molecule has 2 fully saturated rings. The third kappa shape index (κ3) is 3.79. The van der Waals surface area contributed by atoms with Crippen LogP contribution < -0.4 is 5.32 Å². The number of imidazole rings is 1. The van der Waals surface area contributed by atoms with E-state index < -0.39 is 0 Å². The first-order valence-electron chi connectivity index (χ1n) is 11.6. The fourth-order valence-corrected chi connectivity index (χ4v) is 5.52. The zero-order valence-electron chi connectivity index (χ0n) is 19.3. The smallest absolute Gasteiger partial charge is 0.274 e. The van der Waals surface area contributed by atoms with Crippen molar-refractivity contribution in [3.05, 3.63) is 70.6 Å². The van der Waals surface area contributed by atoms with Gasteiger partial charge in [0.15, 0.2) is 5.69 Å². The molecule has 2 amide bonds. The Bertz CT molecular complexity index is 1230. The number of hydrogen-bond acceptors (Lipinski definition) is 3. The van der Waals surface area contributed by atoms with E-state index in [0.717, 1.165) is 37.0 Å². The van der Waals surface area contributed by atoms with Gasteiger partial charge in [-0.05, 0) is 87.3 Å². The summed E-state index contributed by atoms with van der Waals surface area (Å²) in [4.78, 5) is 32.2. The molecule has 1 aromatic carbocycles. The lowest BCUT2D eigenvalue weighted by atomic mass is 9.60. The highest BCUT2D eigenvalue weighted by atomic mass is 19.1. The maximum Gasteiger partial charge on any atom is 0.274 e. The van der Waals surface area contributed by atoms with Gasteiger partial charge in [-0.15, -0.1) is 0 Å². The van der Waals surface area contributed by atoms with Crippen LogP contribution in [0, 0.1) is 32.0 Å². The number of aryl methyl sites for hydroxylation is 3. The van der Waals surface area contributed by atoms with Gasteiger partial charge in [-0.1, -0.05) is 6.07 Å². The average Bonchev–Trinajstić information content (AvgIpc) is 3.12. The summed E-state index contributed by atoms with van der Waals surface area (Å²) >= 11 is 0. The molecule has 33 heavy (non-hydrogen) atoms. The van der Waals surface area contributed by atoms with Crippen molar-refractivity contribution in [2.45, 2.75) is 52.5 Å². The van der Waals surface area contributed by atoms with Crippen molar-refractivity contribution < 1.29 is 14.0 Å². The van der Waals surface area contributed by atoms with E-state index in [-0.39, 0.29) is 29.1 Å². The van der Waals surface area contributed by atoms with Crippen molar-refractivity contribution >= 4 is 17.3 Å². The van der Waals surface area contributed by atoms with Crippen LogP contribution in [0.5, 0.6) is 0 Å². The van der Waals surface area contributed by atoms with Gasteiger partial charge in [0.1, 0.15) is 11.6 Å². The van der Waals surface area contributed by atoms with Crippen molar-refractivity contribution in [3.63, 3.8) is 0 Å². The van der Waals surface area contributed by atoms with Crippen LogP contribution in [0.25, 0.3) is 5.52 Å². The third-order valence-electron chi connectivity index (χ3n) is 7.43. The monoisotopic (exact) mass is 448 g/mol. The van der Waals surface area contributed by atoms with Crippen molar-refractivity contribution in [1.29, 1.82) is 0 Å². The Balaban J connectivity index is 1.18. The molecule has 1 saturated carbocycles. The van der Waals surface area contributed by atoms with Gasteiger partial charge in [0, 0.05) is 30.9 Å². The number of piperidine rings is 1.